The highest BCUT2D eigenvalue weighted by molar-refractivity contribution is 7.91. The predicted octanol–water partition coefficient (Wildman–Crippen LogP) is 1.63. The van der Waals surface area contributed by atoms with Crippen molar-refractivity contribution >= 4 is 27.1 Å². The first-order valence-electron chi connectivity index (χ1n) is 6.46. The summed E-state index contributed by atoms with van der Waals surface area (Å²) in [6.45, 7) is 1.97. The van der Waals surface area contributed by atoms with Crippen molar-refractivity contribution in [2.45, 2.75) is 19.4 Å². The maximum Gasteiger partial charge on any atom is 0.274 e. The molecule has 1 amide bonds. The smallest absolute Gasteiger partial charge is 0.274 e. The van der Waals surface area contributed by atoms with Crippen LogP contribution in [0.1, 0.15) is 21.8 Å². The van der Waals surface area contributed by atoms with Crippen LogP contribution in [0.25, 0.3) is 10.6 Å². The van der Waals surface area contributed by atoms with E-state index < -0.39 is 15.7 Å². The summed E-state index contributed by atoms with van der Waals surface area (Å²) in [5.74, 6) is 0.135. The Hall–Kier alpha value is -1.67. The number of amides is 1. The lowest BCUT2D eigenvalue weighted by molar-refractivity contribution is 0.0937. The van der Waals surface area contributed by atoms with Gasteiger partial charge in [-0.05, 0) is 25.5 Å². The van der Waals surface area contributed by atoms with Gasteiger partial charge < -0.3 is 9.73 Å². The number of hydrogen-bond acceptors (Lipinski definition) is 6. The molecule has 1 atom stereocenters. The third-order valence-electron chi connectivity index (χ3n) is 3.31. The lowest BCUT2D eigenvalue weighted by Gasteiger charge is -2.09. The van der Waals surface area contributed by atoms with Crippen LogP contribution in [0.4, 0.5) is 0 Å². The van der Waals surface area contributed by atoms with Crippen LogP contribution < -0.4 is 5.32 Å². The van der Waals surface area contributed by atoms with E-state index in [2.05, 4.69) is 10.3 Å². The van der Waals surface area contributed by atoms with Crippen LogP contribution in [0, 0.1) is 6.92 Å². The zero-order valence-electron chi connectivity index (χ0n) is 11.3. The molecule has 0 bridgehead atoms. The molecule has 1 unspecified atom stereocenters. The molecule has 0 spiro atoms. The molecule has 6 nitrogen and oxygen atoms in total. The van der Waals surface area contributed by atoms with E-state index in [-0.39, 0.29) is 23.2 Å². The summed E-state index contributed by atoms with van der Waals surface area (Å²) in [4.78, 5) is 18.1. The standard InChI is InChI=1S/C13H14N2O4S2/c1-8-2-3-10(20-8)12-11(14-7-19-12)13(16)15-9-4-5-21(17,18)6-9/h2-3,7,9H,4-6H2,1H3,(H,15,16). The average Bonchev–Trinajstić information content (AvgIpc) is 3.09. The lowest BCUT2D eigenvalue weighted by Crippen LogP contribution is -2.36. The van der Waals surface area contributed by atoms with Crippen molar-refractivity contribution in [1.82, 2.24) is 10.3 Å². The molecule has 3 heterocycles. The van der Waals surface area contributed by atoms with E-state index in [1.54, 1.807) is 0 Å². The molecule has 1 fully saturated rings. The van der Waals surface area contributed by atoms with Crippen LogP contribution >= 0.6 is 11.3 Å². The monoisotopic (exact) mass is 326 g/mol. The van der Waals surface area contributed by atoms with Gasteiger partial charge in [-0.3, -0.25) is 4.79 Å². The molecule has 0 radical (unpaired) electrons. The first kappa shape index (κ1) is 14.3. The van der Waals surface area contributed by atoms with Crippen molar-refractivity contribution in [3.63, 3.8) is 0 Å². The first-order valence-corrected chi connectivity index (χ1v) is 9.10. The Labute approximate surface area is 126 Å². The number of carbonyl (C=O) groups excluding carboxylic acids is 1. The van der Waals surface area contributed by atoms with Gasteiger partial charge in [0.1, 0.15) is 0 Å². The molecule has 1 aliphatic heterocycles. The fourth-order valence-corrected chi connectivity index (χ4v) is 4.83. The molecule has 1 saturated heterocycles. The van der Waals surface area contributed by atoms with Gasteiger partial charge in [0.15, 0.2) is 27.7 Å². The predicted molar refractivity (Wildman–Crippen MR) is 79.1 cm³/mol. The SMILES string of the molecule is Cc1ccc(-c2ocnc2C(=O)NC2CCS(=O)(=O)C2)s1. The Morgan fingerprint density at radius 3 is 2.90 bits per heavy atom. The number of hydrogen-bond donors (Lipinski definition) is 1. The van der Waals surface area contributed by atoms with Crippen LogP contribution in [-0.2, 0) is 9.84 Å². The maximum absolute atomic E-state index is 12.2. The largest absolute Gasteiger partial charge is 0.442 e. The minimum absolute atomic E-state index is 0.00989. The molecule has 0 saturated carbocycles. The molecule has 1 aliphatic rings. The van der Waals surface area contributed by atoms with Gasteiger partial charge in [-0.15, -0.1) is 11.3 Å². The van der Waals surface area contributed by atoms with Crippen molar-refractivity contribution < 1.29 is 17.6 Å². The van der Waals surface area contributed by atoms with Gasteiger partial charge in [0.2, 0.25) is 0 Å². The normalized spacial score (nSPS) is 20.5. The second kappa shape index (κ2) is 5.27. The molecule has 1 N–H and O–H groups in total. The van der Waals surface area contributed by atoms with E-state index in [0.29, 0.717) is 12.2 Å². The third kappa shape index (κ3) is 3.01. The second-order valence-electron chi connectivity index (χ2n) is 5.01. The molecule has 112 valence electrons. The summed E-state index contributed by atoms with van der Waals surface area (Å²) in [6, 6.07) is 3.46. The number of sulfone groups is 1. The number of thiophene rings is 1. The highest BCUT2D eigenvalue weighted by Gasteiger charge is 2.30. The molecule has 8 heteroatoms. The molecular formula is C13H14N2O4S2. The van der Waals surface area contributed by atoms with Gasteiger partial charge in [0.05, 0.1) is 16.4 Å². The van der Waals surface area contributed by atoms with Crippen molar-refractivity contribution in [3.8, 4) is 10.6 Å². The van der Waals surface area contributed by atoms with E-state index in [1.165, 1.54) is 17.7 Å². The highest BCUT2D eigenvalue weighted by Crippen LogP contribution is 2.30. The molecule has 0 aromatic carbocycles. The molecule has 2 aromatic rings. The molecular weight excluding hydrogens is 312 g/mol. The summed E-state index contributed by atoms with van der Waals surface area (Å²) >= 11 is 1.51. The molecule has 2 aromatic heterocycles. The molecule has 3 rings (SSSR count). The van der Waals surface area contributed by atoms with Gasteiger partial charge >= 0.3 is 0 Å². The van der Waals surface area contributed by atoms with Gasteiger partial charge in [0.25, 0.3) is 5.91 Å². The van der Waals surface area contributed by atoms with Gasteiger partial charge in [-0.25, -0.2) is 13.4 Å². The number of nitrogens with zero attached hydrogens (tertiary/aromatic N) is 1. The van der Waals surface area contributed by atoms with Crippen molar-refractivity contribution in [1.29, 1.82) is 0 Å². The lowest BCUT2D eigenvalue weighted by atomic mass is 10.2. The Balaban J connectivity index is 1.79. The fourth-order valence-electron chi connectivity index (χ4n) is 2.30. The van der Waals surface area contributed by atoms with Gasteiger partial charge in [0, 0.05) is 10.9 Å². The highest BCUT2D eigenvalue weighted by atomic mass is 32.2. The quantitative estimate of drug-likeness (QED) is 0.926. The van der Waals surface area contributed by atoms with Crippen LogP contribution in [-0.4, -0.2) is 36.9 Å². The summed E-state index contributed by atoms with van der Waals surface area (Å²) in [7, 11) is -3.03. The first-order chi connectivity index (χ1) is 9.94. The van der Waals surface area contributed by atoms with Crippen LogP contribution in [0.5, 0.6) is 0 Å². The number of carbonyl (C=O) groups is 1. The number of oxazole rings is 1. The maximum atomic E-state index is 12.2. The number of aromatic nitrogens is 1. The van der Waals surface area contributed by atoms with Gasteiger partial charge in [-0.1, -0.05) is 0 Å². The number of nitrogens with one attached hydrogen (secondary N) is 1. The van der Waals surface area contributed by atoms with E-state index in [9.17, 15) is 13.2 Å². The van der Waals surface area contributed by atoms with E-state index in [0.717, 1.165) is 9.75 Å². The molecule has 0 aliphatic carbocycles. The van der Waals surface area contributed by atoms with Crippen molar-refractivity contribution in [3.05, 3.63) is 29.1 Å². The van der Waals surface area contributed by atoms with Gasteiger partial charge in [-0.2, -0.15) is 0 Å². The van der Waals surface area contributed by atoms with Crippen LogP contribution in [0.15, 0.2) is 22.9 Å². The minimum atomic E-state index is -3.03. The summed E-state index contributed by atoms with van der Waals surface area (Å²) in [5.41, 5.74) is 0.196. The third-order valence-corrected chi connectivity index (χ3v) is 6.08. The fraction of sp³-hybridized carbons (Fsp3) is 0.385. The summed E-state index contributed by atoms with van der Waals surface area (Å²) in [6.07, 6.45) is 1.67. The Kier molecular flexibility index (Phi) is 3.58. The average molecular weight is 326 g/mol. The van der Waals surface area contributed by atoms with E-state index in [1.807, 2.05) is 19.1 Å². The minimum Gasteiger partial charge on any atom is -0.442 e. The second-order valence-corrected chi connectivity index (χ2v) is 8.53. The van der Waals surface area contributed by atoms with E-state index >= 15 is 0 Å². The Morgan fingerprint density at radius 1 is 1.48 bits per heavy atom. The Bertz CT molecular complexity index is 776. The molecule has 21 heavy (non-hydrogen) atoms. The zero-order valence-corrected chi connectivity index (χ0v) is 13.0. The summed E-state index contributed by atoms with van der Waals surface area (Å²) in [5, 5.41) is 2.72. The van der Waals surface area contributed by atoms with Crippen molar-refractivity contribution in [2.75, 3.05) is 11.5 Å². The van der Waals surface area contributed by atoms with Crippen molar-refractivity contribution in [2.24, 2.45) is 0 Å². The van der Waals surface area contributed by atoms with E-state index in [4.69, 9.17) is 4.42 Å². The van der Waals surface area contributed by atoms with Crippen LogP contribution in [0.2, 0.25) is 0 Å². The Morgan fingerprint density at radius 2 is 2.29 bits per heavy atom. The summed E-state index contributed by atoms with van der Waals surface area (Å²) < 4.78 is 28.1. The van der Waals surface area contributed by atoms with Crippen LogP contribution in [0.3, 0.4) is 0 Å². The zero-order chi connectivity index (χ0) is 15.0. The topological polar surface area (TPSA) is 89.3 Å². The number of rotatable bonds is 3. The number of aryl methyl sites for hydroxylation is 1.